The molecule has 0 spiro atoms. The first-order valence-corrected chi connectivity index (χ1v) is 13.5. The molecule has 0 bridgehead atoms. The van der Waals surface area contributed by atoms with Gasteiger partial charge in [-0.15, -0.1) is 0 Å². The van der Waals surface area contributed by atoms with E-state index in [0.717, 1.165) is 56.1 Å². The summed E-state index contributed by atoms with van der Waals surface area (Å²) in [6.07, 6.45) is 6.89. The molecule has 206 valence electrons. The number of aldehydes is 1. The summed E-state index contributed by atoms with van der Waals surface area (Å²) in [4.78, 5) is 38.2. The lowest BCUT2D eigenvalue weighted by molar-refractivity contribution is 0.0286. The van der Waals surface area contributed by atoms with Crippen molar-refractivity contribution < 1.29 is 19.1 Å². The number of rotatable bonds is 8. The summed E-state index contributed by atoms with van der Waals surface area (Å²) in [5, 5.41) is 15.7. The van der Waals surface area contributed by atoms with Crippen LogP contribution in [0.15, 0.2) is 18.3 Å². The van der Waals surface area contributed by atoms with Crippen molar-refractivity contribution in [2.75, 3.05) is 42.8 Å². The van der Waals surface area contributed by atoms with Gasteiger partial charge in [-0.25, -0.2) is 14.8 Å². The van der Waals surface area contributed by atoms with Crippen LogP contribution in [-0.4, -0.2) is 78.8 Å². The summed E-state index contributed by atoms with van der Waals surface area (Å²) in [7, 11) is 3.41. The van der Waals surface area contributed by atoms with Gasteiger partial charge in [0.25, 0.3) is 0 Å². The smallest absolute Gasteiger partial charge is 0.328 e. The Morgan fingerprint density at radius 1 is 1.21 bits per heavy atom. The Morgan fingerprint density at radius 2 is 2.03 bits per heavy atom. The fourth-order valence-electron chi connectivity index (χ4n) is 5.74. The van der Waals surface area contributed by atoms with Crippen molar-refractivity contribution in [2.24, 2.45) is 0 Å². The number of carbonyl (C=O) groups is 2. The number of pyridine rings is 2. The van der Waals surface area contributed by atoms with Gasteiger partial charge in [-0.2, -0.15) is 5.26 Å². The summed E-state index contributed by atoms with van der Waals surface area (Å²) in [5.41, 5.74) is 3.15. The van der Waals surface area contributed by atoms with Gasteiger partial charge in [-0.05, 0) is 56.2 Å². The third-order valence-corrected chi connectivity index (χ3v) is 8.24. The number of ether oxygens (including phenoxy) is 2. The Balaban J connectivity index is 1.33. The maximum Gasteiger partial charge on any atom is 0.328 e. The molecule has 11 heteroatoms. The van der Waals surface area contributed by atoms with Crippen LogP contribution in [0.3, 0.4) is 0 Å². The molecule has 2 aromatic rings. The number of nitrogens with one attached hydrogen (secondary N) is 2. The first kappa shape index (κ1) is 27.0. The molecule has 5 rings (SSSR count). The second-order valence-electron chi connectivity index (χ2n) is 10.4. The van der Waals surface area contributed by atoms with Crippen LogP contribution in [0.25, 0.3) is 0 Å². The average Bonchev–Trinajstić information content (AvgIpc) is 3.29. The van der Waals surface area contributed by atoms with Crippen LogP contribution in [0.1, 0.15) is 59.8 Å². The zero-order valence-electron chi connectivity index (χ0n) is 22.6. The number of amides is 2. The molecule has 0 aromatic carbocycles. The van der Waals surface area contributed by atoms with E-state index in [1.807, 2.05) is 6.07 Å². The minimum Gasteiger partial charge on any atom is -0.380 e. The summed E-state index contributed by atoms with van der Waals surface area (Å²) in [6.45, 7) is 4.11. The van der Waals surface area contributed by atoms with Gasteiger partial charge in [0.05, 0.1) is 29.5 Å². The largest absolute Gasteiger partial charge is 0.380 e. The predicted molar refractivity (Wildman–Crippen MR) is 146 cm³/mol. The number of hydrogen-bond acceptors (Lipinski definition) is 9. The van der Waals surface area contributed by atoms with Gasteiger partial charge in [-0.3, -0.25) is 19.9 Å². The van der Waals surface area contributed by atoms with Gasteiger partial charge < -0.3 is 14.8 Å². The lowest BCUT2D eigenvalue weighted by Crippen LogP contribution is -2.44. The molecule has 1 aliphatic carbocycles. The standard InChI is InChI=1S/C28H35N7O4/c1-17-24(38-2)8-10-34(17)15-19-11-18-5-4-9-35(27(18)32-23(19)16-36)28(37)33-26-12-22(20(13-29)14-30-26)31-21-6-7-25(21)39-3/h11-12,14,16-17,21,24-25H,4-10,15H2,1-3H3,(H2,30,31,33,37)/t17?,21-,24?,25+/m1/s1. The number of fused-ring (bicyclic) bond motifs is 1. The zero-order valence-corrected chi connectivity index (χ0v) is 22.6. The number of methoxy groups -OCH3 is 2. The number of carbonyl (C=O) groups excluding carboxylic acids is 2. The van der Waals surface area contributed by atoms with Crippen LogP contribution in [0.5, 0.6) is 0 Å². The topological polar surface area (TPSA) is 133 Å². The Morgan fingerprint density at radius 3 is 2.69 bits per heavy atom. The Hall–Kier alpha value is -3.59. The number of anilines is 3. The summed E-state index contributed by atoms with van der Waals surface area (Å²) >= 11 is 0. The van der Waals surface area contributed by atoms with E-state index in [0.29, 0.717) is 41.7 Å². The summed E-state index contributed by atoms with van der Waals surface area (Å²) in [6, 6.07) is 5.80. The molecule has 2 aliphatic heterocycles. The van der Waals surface area contributed by atoms with Crippen LogP contribution in [0.4, 0.5) is 22.1 Å². The summed E-state index contributed by atoms with van der Waals surface area (Å²) < 4.78 is 11.0. The van der Waals surface area contributed by atoms with E-state index in [1.54, 1.807) is 25.2 Å². The lowest BCUT2D eigenvalue weighted by Gasteiger charge is -2.36. The minimum absolute atomic E-state index is 0.0886. The molecule has 4 heterocycles. The molecule has 0 radical (unpaired) electrons. The van der Waals surface area contributed by atoms with Crippen molar-refractivity contribution in [2.45, 2.75) is 69.9 Å². The van der Waals surface area contributed by atoms with Crippen LogP contribution in [0.2, 0.25) is 0 Å². The highest BCUT2D eigenvalue weighted by molar-refractivity contribution is 6.01. The SMILES string of the molecule is COC1CCN(Cc2cc3c(nc2C=O)N(C(=O)Nc2cc(N[C@@H]4CC[C@@H]4OC)c(C#N)cn2)CCC3)C1C. The maximum absolute atomic E-state index is 13.4. The van der Waals surface area contributed by atoms with Gasteiger partial charge in [0.2, 0.25) is 0 Å². The van der Waals surface area contributed by atoms with Crippen molar-refractivity contribution in [1.82, 2.24) is 14.9 Å². The second kappa shape index (κ2) is 11.7. The van der Waals surface area contributed by atoms with E-state index in [-0.39, 0.29) is 30.3 Å². The van der Waals surface area contributed by atoms with Crippen molar-refractivity contribution in [3.63, 3.8) is 0 Å². The van der Waals surface area contributed by atoms with Crippen molar-refractivity contribution in [1.29, 1.82) is 5.26 Å². The molecule has 4 atom stereocenters. The van der Waals surface area contributed by atoms with Crippen LogP contribution >= 0.6 is 0 Å². The molecule has 1 saturated carbocycles. The highest BCUT2D eigenvalue weighted by Crippen LogP contribution is 2.31. The lowest BCUT2D eigenvalue weighted by atomic mass is 9.88. The summed E-state index contributed by atoms with van der Waals surface area (Å²) in [5.74, 6) is 0.822. The normalized spacial score (nSPS) is 24.4. The molecular formula is C28H35N7O4. The molecule has 11 nitrogen and oxygen atoms in total. The first-order valence-electron chi connectivity index (χ1n) is 13.5. The number of nitrogens with zero attached hydrogens (tertiary/aromatic N) is 5. The van der Waals surface area contributed by atoms with E-state index in [4.69, 9.17) is 9.47 Å². The van der Waals surface area contributed by atoms with Gasteiger partial charge in [0, 0.05) is 52.2 Å². The van der Waals surface area contributed by atoms with Crippen molar-refractivity contribution in [3.8, 4) is 6.07 Å². The van der Waals surface area contributed by atoms with Gasteiger partial charge in [0.1, 0.15) is 23.4 Å². The average molecular weight is 534 g/mol. The quantitative estimate of drug-likeness (QED) is 0.490. The molecule has 2 fully saturated rings. The number of aryl methyl sites for hydroxylation is 1. The van der Waals surface area contributed by atoms with Crippen LogP contribution in [-0.2, 0) is 22.4 Å². The van der Waals surface area contributed by atoms with Gasteiger partial charge >= 0.3 is 6.03 Å². The Kier molecular flexibility index (Phi) is 8.07. The molecule has 2 N–H and O–H groups in total. The first-order chi connectivity index (χ1) is 18.9. The number of hydrogen-bond donors (Lipinski definition) is 2. The number of urea groups is 1. The molecule has 39 heavy (non-hydrogen) atoms. The molecular weight excluding hydrogens is 498 g/mol. The molecule has 2 amide bonds. The van der Waals surface area contributed by atoms with Gasteiger partial charge in [0.15, 0.2) is 6.29 Å². The monoisotopic (exact) mass is 533 g/mol. The zero-order chi connectivity index (χ0) is 27.5. The Bertz CT molecular complexity index is 1280. The molecule has 2 unspecified atom stereocenters. The fraction of sp³-hybridized carbons (Fsp3) is 0.536. The highest BCUT2D eigenvalue weighted by atomic mass is 16.5. The van der Waals surface area contributed by atoms with E-state index < -0.39 is 0 Å². The third-order valence-electron chi connectivity index (χ3n) is 8.24. The number of aromatic nitrogens is 2. The predicted octanol–water partition coefficient (Wildman–Crippen LogP) is 3.34. The molecule has 2 aromatic heterocycles. The fourth-order valence-corrected chi connectivity index (χ4v) is 5.74. The molecule has 1 saturated heterocycles. The highest BCUT2D eigenvalue weighted by Gasteiger charge is 2.33. The number of likely N-dealkylation sites (tertiary alicyclic amines) is 1. The second-order valence-corrected chi connectivity index (χ2v) is 10.4. The molecule has 3 aliphatic rings. The minimum atomic E-state index is -0.384. The van der Waals surface area contributed by atoms with E-state index >= 15 is 0 Å². The van der Waals surface area contributed by atoms with Crippen LogP contribution in [0, 0.1) is 11.3 Å². The van der Waals surface area contributed by atoms with E-state index in [1.165, 1.54) is 6.20 Å². The Labute approximate surface area is 228 Å². The number of nitriles is 1. The van der Waals surface area contributed by atoms with Crippen LogP contribution < -0.4 is 15.5 Å². The van der Waals surface area contributed by atoms with Crippen molar-refractivity contribution in [3.05, 3.63) is 40.7 Å². The van der Waals surface area contributed by atoms with Gasteiger partial charge in [-0.1, -0.05) is 0 Å². The van der Waals surface area contributed by atoms with Crippen molar-refractivity contribution >= 4 is 29.6 Å². The maximum atomic E-state index is 13.4. The third kappa shape index (κ3) is 5.45. The van der Waals surface area contributed by atoms with E-state index in [9.17, 15) is 14.9 Å². The van der Waals surface area contributed by atoms with E-state index in [2.05, 4.69) is 38.5 Å².